The Bertz CT molecular complexity index is 569. The Kier molecular flexibility index (Phi) is 5.19. The van der Waals surface area contributed by atoms with Gasteiger partial charge >= 0.3 is 0 Å². The van der Waals surface area contributed by atoms with Gasteiger partial charge in [0.25, 0.3) is 5.91 Å². The summed E-state index contributed by atoms with van der Waals surface area (Å²) in [7, 11) is -2.85. The van der Waals surface area contributed by atoms with E-state index in [-0.39, 0.29) is 36.6 Å². The topological polar surface area (TPSA) is 95.5 Å². The second-order valence-corrected chi connectivity index (χ2v) is 7.43. The summed E-state index contributed by atoms with van der Waals surface area (Å²) in [6, 6.07) is 7.17. The number of carbonyl (C=O) groups is 1. The molecule has 1 aliphatic rings. The van der Waals surface area contributed by atoms with E-state index in [1.165, 1.54) is 0 Å². The molecule has 1 aliphatic heterocycles. The van der Waals surface area contributed by atoms with E-state index >= 15 is 0 Å². The summed E-state index contributed by atoms with van der Waals surface area (Å²) in [5.41, 5.74) is 1.40. The van der Waals surface area contributed by atoms with Gasteiger partial charge in [-0.3, -0.25) is 4.79 Å². The highest BCUT2D eigenvalue weighted by Crippen LogP contribution is 2.18. The molecular formula is C14H20N2O4S. The van der Waals surface area contributed by atoms with Crippen LogP contribution in [0.2, 0.25) is 0 Å². The van der Waals surface area contributed by atoms with Gasteiger partial charge in [-0.25, -0.2) is 8.42 Å². The van der Waals surface area contributed by atoms with Crippen LogP contribution in [-0.4, -0.2) is 50.1 Å². The molecule has 1 fully saturated rings. The van der Waals surface area contributed by atoms with Crippen molar-refractivity contribution in [2.24, 2.45) is 0 Å². The maximum absolute atomic E-state index is 11.7. The molecule has 1 saturated heterocycles. The van der Waals surface area contributed by atoms with Crippen LogP contribution in [0, 0.1) is 0 Å². The molecule has 0 atom stereocenters. The van der Waals surface area contributed by atoms with Crippen LogP contribution in [0.25, 0.3) is 0 Å². The van der Waals surface area contributed by atoms with E-state index < -0.39 is 9.84 Å². The van der Waals surface area contributed by atoms with Crippen LogP contribution in [0.5, 0.6) is 0 Å². The molecule has 0 spiro atoms. The first kappa shape index (κ1) is 15.8. The molecule has 1 heterocycles. The lowest BCUT2D eigenvalue weighted by Crippen LogP contribution is -2.32. The molecule has 0 bridgehead atoms. The van der Waals surface area contributed by atoms with Crippen molar-refractivity contribution in [1.82, 2.24) is 5.32 Å². The molecule has 0 aromatic heterocycles. The highest BCUT2D eigenvalue weighted by molar-refractivity contribution is 7.91. The number of amides is 1. The number of rotatable bonds is 5. The number of benzene rings is 1. The van der Waals surface area contributed by atoms with Crippen molar-refractivity contribution in [3.8, 4) is 0 Å². The van der Waals surface area contributed by atoms with Gasteiger partial charge in [0.1, 0.15) is 9.84 Å². The van der Waals surface area contributed by atoms with Crippen LogP contribution in [0.15, 0.2) is 24.3 Å². The zero-order chi connectivity index (χ0) is 15.3. The van der Waals surface area contributed by atoms with Crippen molar-refractivity contribution >= 4 is 21.4 Å². The first-order valence-corrected chi connectivity index (χ1v) is 8.78. The molecule has 2 rings (SSSR count). The Hall–Kier alpha value is -1.60. The summed E-state index contributed by atoms with van der Waals surface area (Å²) >= 11 is 0. The second kappa shape index (κ2) is 6.91. The van der Waals surface area contributed by atoms with E-state index in [1.54, 1.807) is 24.3 Å². The van der Waals surface area contributed by atoms with Crippen molar-refractivity contribution in [2.75, 3.05) is 30.0 Å². The lowest BCUT2D eigenvalue weighted by molar-refractivity contribution is 0.0945. The Morgan fingerprint density at radius 2 is 1.81 bits per heavy atom. The van der Waals surface area contributed by atoms with Gasteiger partial charge in [-0.2, -0.15) is 0 Å². The molecule has 0 radical (unpaired) electrons. The number of sulfone groups is 1. The highest BCUT2D eigenvalue weighted by Gasteiger charge is 2.23. The summed E-state index contributed by atoms with van der Waals surface area (Å²) in [5.74, 6) is 0.234. The zero-order valence-electron chi connectivity index (χ0n) is 11.7. The fourth-order valence-electron chi connectivity index (χ4n) is 2.26. The predicted octanol–water partition coefficient (Wildman–Crippen LogP) is 0.398. The zero-order valence-corrected chi connectivity index (χ0v) is 12.5. The van der Waals surface area contributed by atoms with Crippen LogP contribution in [0.4, 0.5) is 5.69 Å². The number of hydrogen-bond acceptors (Lipinski definition) is 5. The molecular weight excluding hydrogens is 292 g/mol. The van der Waals surface area contributed by atoms with Gasteiger partial charge in [-0.15, -0.1) is 0 Å². The van der Waals surface area contributed by atoms with Crippen LogP contribution >= 0.6 is 0 Å². The number of aliphatic hydroxyl groups is 1. The third-order valence-electron chi connectivity index (χ3n) is 3.47. The van der Waals surface area contributed by atoms with Gasteiger partial charge in [0.2, 0.25) is 0 Å². The van der Waals surface area contributed by atoms with Crippen molar-refractivity contribution in [1.29, 1.82) is 0 Å². The summed E-state index contributed by atoms with van der Waals surface area (Å²) in [6.45, 7) is 0.144. The van der Waals surface area contributed by atoms with Gasteiger partial charge in [-0.05, 0) is 37.1 Å². The summed E-state index contributed by atoms with van der Waals surface area (Å²) in [4.78, 5) is 11.7. The normalized spacial score (nSPS) is 18.1. The SMILES string of the molecule is O=C(NCCO)c1ccc(NC2CCS(=O)(=O)CC2)cc1. The van der Waals surface area contributed by atoms with Crippen LogP contribution < -0.4 is 10.6 Å². The maximum atomic E-state index is 11.7. The molecule has 21 heavy (non-hydrogen) atoms. The van der Waals surface area contributed by atoms with Gasteiger partial charge in [0.05, 0.1) is 18.1 Å². The standard InChI is InChI=1S/C14H20N2O4S/c17-8-7-15-14(18)11-1-3-12(4-2-11)16-13-5-9-21(19,20)10-6-13/h1-4,13,16-17H,5-10H2,(H,15,18). The average Bonchev–Trinajstić information content (AvgIpc) is 2.48. The van der Waals surface area contributed by atoms with Gasteiger partial charge < -0.3 is 15.7 Å². The van der Waals surface area contributed by atoms with Crippen molar-refractivity contribution < 1.29 is 18.3 Å². The highest BCUT2D eigenvalue weighted by atomic mass is 32.2. The molecule has 116 valence electrons. The number of nitrogens with one attached hydrogen (secondary N) is 2. The molecule has 0 saturated carbocycles. The van der Waals surface area contributed by atoms with E-state index in [1.807, 2.05) is 0 Å². The second-order valence-electron chi connectivity index (χ2n) is 5.13. The minimum absolute atomic E-state index is 0.0873. The van der Waals surface area contributed by atoms with Gasteiger partial charge in [0.15, 0.2) is 0 Å². The number of anilines is 1. The number of aliphatic hydroxyl groups excluding tert-OH is 1. The predicted molar refractivity (Wildman–Crippen MR) is 81.2 cm³/mol. The number of hydrogen-bond donors (Lipinski definition) is 3. The third-order valence-corrected chi connectivity index (χ3v) is 5.19. The molecule has 1 aromatic carbocycles. The third kappa shape index (κ3) is 4.71. The molecule has 1 aromatic rings. The summed E-state index contributed by atoms with van der Waals surface area (Å²) in [6.07, 6.45) is 1.22. The van der Waals surface area contributed by atoms with Crippen molar-refractivity contribution in [3.63, 3.8) is 0 Å². The average molecular weight is 312 g/mol. The first-order chi connectivity index (χ1) is 10.00. The lowest BCUT2D eigenvalue weighted by atomic mass is 10.1. The minimum Gasteiger partial charge on any atom is -0.395 e. The minimum atomic E-state index is -2.85. The van der Waals surface area contributed by atoms with Crippen molar-refractivity contribution in [2.45, 2.75) is 18.9 Å². The fraction of sp³-hybridized carbons (Fsp3) is 0.500. The van der Waals surface area contributed by atoms with Gasteiger partial charge in [0, 0.05) is 23.8 Å². The maximum Gasteiger partial charge on any atom is 0.251 e. The Balaban J connectivity index is 1.89. The van der Waals surface area contributed by atoms with E-state index in [0.717, 1.165) is 5.69 Å². The molecule has 6 nitrogen and oxygen atoms in total. The smallest absolute Gasteiger partial charge is 0.251 e. The van der Waals surface area contributed by atoms with E-state index in [4.69, 9.17) is 5.11 Å². The lowest BCUT2D eigenvalue weighted by Gasteiger charge is -2.24. The van der Waals surface area contributed by atoms with Crippen LogP contribution in [0.1, 0.15) is 23.2 Å². The van der Waals surface area contributed by atoms with Crippen molar-refractivity contribution in [3.05, 3.63) is 29.8 Å². The Labute approximate surface area is 124 Å². The van der Waals surface area contributed by atoms with Gasteiger partial charge in [-0.1, -0.05) is 0 Å². The molecule has 1 amide bonds. The number of carbonyl (C=O) groups excluding carboxylic acids is 1. The molecule has 3 N–H and O–H groups in total. The largest absolute Gasteiger partial charge is 0.395 e. The van der Waals surface area contributed by atoms with E-state index in [0.29, 0.717) is 18.4 Å². The molecule has 0 unspecified atom stereocenters. The molecule has 0 aliphatic carbocycles. The Morgan fingerprint density at radius 1 is 1.19 bits per heavy atom. The van der Waals surface area contributed by atoms with E-state index in [9.17, 15) is 13.2 Å². The quantitative estimate of drug-likeness (QED) is 0.731. The first-order valence-electron chi connectivity index (χ1n) is 6.96. The van der Waals surface area contributed by atoms with Crippen LogP contribution in [0.3, 0.4) is 0 Å². The summed E-state index contributed by atoms with van der Waals surface area (Å²) in [5, 5.41) is 14.5. The van der Waals surface area contributed by atoms with E-state index in [2.05, 4.69) is 10.6 Å². The summed E-state index contributed by atoms with van der Waals surface area (Å²) < 4.78 is 22.7. The monoisotopic (exact) mass is 312 g/mol. The molecule has 7 heteroatoms. The van der Waals surface area contributed by atoms with Crippen LogP contribution in [-0.2, 0) is 9.84 Å². The Morgan fingerprint density at radius 3 is 2.38 bits per heavy atom. The fourth-order valence-corrected chi connectivity index (χ4v) is 3.75.